The lowest BCUT2D eigenvalue weighted by Crippen LogP contribution is -1.95. The number of hydrogen-bond acceptors (Lipinski definition) is 4. The van der Waals surface area contributed by atoms with E-state index in [1.807, 2.05) is 121 Å². The molecule has 242 valence electrons. The molecule has 50 heavy (non-hydrogen) atoms. The van der Waals surface area contributed by atoms with E-state index in [2.05, 4.69) is 36.4 Å². The van der Waals surface area contributed by atoms with E-state index in [9.17, 15) is 10.2 Å². The molecule has 0 unspecified atom stereocenters. The quantitative estimate of drug-likeness (QED) is 0.180. The summed E-state index contributed by atoms with van der Waals surface area (Å²) >= 11 is 0. The summed E-state index contributed by atoms with van der Waals surface area (Å²) < 4.78 is 11.7. The summed E-state index contributed by atoms with van der Waals surface area (Å²) in [7, 11) is 3.28. The Morgan fingerprint density at radius 1 is 0.360 bits per heavy atom. The van der Waals surface area contributed by atoms with Crippen molar-refractivity contribution in [2.45, 2.75) is 0 Å². The van der Waals surface area contributed by atoms with Crippen molar-refractivity contribution in [3.8, 4) is 78.6 Å². The average Bonchev–Trinajstić information content (AvgIpc) is 3.18. The van der Waals surface area contributed by atoms with Gasteiger partial charge in [0, 0.05) is 33.4 Å². The second-order valence-corrected chi connectivity index (χ2v) is 12.3. The predicted molar refractivity (Wildman–Crippen MR) is 205 cm³/mol. The van der Waals surface area contributed by atoms with Crippen LogP contribution >= 0.6 is 0 Å². The molecule has 2 N–H and O–H groups in total. The lowest BCUT2D eigenvalue weighted by molar-refractivity contribution is 0.415. The summed E-state index contributed by atoms with van der Waals surface area (Å²) in [6, 6.07) is 52.2. The van der Waals surface area contributed by atoms with Gasteiger partial charge in [0.1, 0.15) is 23.0 Å². The standard InChI is InChI=1S/C46H34O4/c1-49-41-23-21-31(29-13-5-3-6-14-29)25-37(41)39-27-33-17-9-11-19-35(33)43(45(39)47)44-36-20-12-10-18-34(36)28-40(46(44)48)38-26-32(22-24-42(38)50-2)30-15-7-4-8-16-30/h3-28,47-48H,1-2H3. The number of phenolic OH excluding ortho intramolecular Hbond substituents is 2. The third kappa shape index (κ3) is 5.28. The molecule has 0 fully saturated rings. The second kappa shape index (κ2) is 12.8. The predicted octanol–water partition coefficient (Wildman–Crippen LogP) is 11.8. The Balaban J connectivity index is 1.44. The average molecular weight is 651 g/mol. The Kier molecular flexibility index (Phi) is 7.90. The van der Waals surface area contributed by atoms with Crippen LogP contribution in [0.1, 0.15) is 0 Å². The third-order valence-electron chi connectivity index (χ3n) is 9.49. The molecule has 0 aromatic heterocycles. The maximum absolute atomic E-state index is 12.5. The lowest BCUT2D eigenvalue weighted by Gasteiger charge is -2.21. The minimum Gasteiger partial charge on any atom is -0.507 e. The zero-order valence-electron chi connectivity index (χ0n) is 27.7. The first kappa shape index (κ1) is 30.8. The number of benzene rings is 8. The summed E-state index contributed by atoms with van der Waals surface area (Å²) in [5.74, 6) is 1.36. The fraction of sp³-hybridized carbons (Fsp3) is 0.0435. The minimum atomic E-state index is 0.0508. The van der Waals surface area contributed by atoms with Crippen LogP contribution in [0.15, 0.2) is 158 Å². The van der Waals surface area contributed by atoms with E-state index in [4.69, 9.17) is 9.47 Å². The highest BCUT2D eigenvalue weighted by Crippen LogP contribution is 2.53. The Morgan fingerprint density at radius 2 is 0.740 bits per heavy atom. The Hall–Kier alpha value is -6.52. The van der Waals surface area contributed by atoms with E-state index in [1.54, 1.807) is 14.2 Å². The molecule has 4 heteroatoms. The van der Waals surface area contributed by atoms with Crippen LogP contribution in [0.2, 0.25) is 0 Å². The van der Waals surface area contributed by atoms with E-state index >= 15 is 0 Å². The highest BCUT2D eigenvalue weighted by Gasteiger charge is 2.25. The van der Waals surface area contributed by atoms with Gasteiger partial charge in [-0.05, 0) is 80.2 Å². The van der Waals surface area contributed by atoms with E-state index in [1.165, 1.54) is 0 Å². The first-order valence-corrected chi connectivity index (χ1v) is 16.5. The van der Waals surface area contributed by atoms with Crippen LogP contribution in [-0.2, 0) is 0 Å². The first-order chi connectivity index (χ1) is 24.6. The minimum absolute atomic E-state index is 0.0508. The van der Waals surface area contributed by atoms with Gasteiger partial charge in [0.15, 0.2) is 0 Å². The molecule has 0 bridgehead atoms. The van der Waals surface area contributed by atoms with E-state index in [-0.39, 0.29) is 11.5 Å². The number of methoxy groups -OCH3 is 2. The third-order valence-corrected chi connectivity index (χ3v) is 9.49. The fourth-order valence-corrected chi connectivity index (χ4v) is 7.05. The molecule has 4 nitrogen and oxygen atoms in total. The van der Waals surface area contributed by atoms with Gasteiger partial charge in [-0.3, -0.25) is 0 Å². The van der Waals surface area contributed by atoms with E-state index in [0.29, 0.717) is 33.8 Å². The Bertz CT molecular complexity index is 2340. The molecule has 0 radical (unpaired) electrons. The number of ether oxygens (including phenoxy) is 2. The maximum atomic E-state index is 12.5. The van der Waals surface area contributed by atoms with Crippen LogP contribution < -0.4 is 9.47 Å². The maximum Gasteiger partial charge on any atom is 0.132 e. The van der Waals surface area contributed by atoms with Crippen molar-refractivity contribution in [3.63, 3.8) is 0 Å². The molecule has 0 atom stereocenters. The van der Waals surface area contributed by atoms with E-state index < -0.39 is 0 Å². The number of fused-ring (bicyclic) bond motifs is 2. The molecule has 0 aliphatic rings. The van der Waals surface area contributed by atoms with Crippen LogP contribution in [0.4, 0.5) is 0 Å². The lowest BCUT2D eigenvalue weighted by atomic mass is 9.85. The van der Waals surface area contributed by atoms with E-state index in [0.717, 1.165) is 54.9 Å². The van der Waals surface area contributed by atoms with Gasteiger partial charge in [0.2, 0.25) is 0 Å². The van der Waals surface area contributed by atoms with Crippen molar-refractivity contribution in [2.75, 3.05) is 14.2 Å². The number of phenols is 2. The molecule has 0 saturated heterocycles. The van der Waals surface area contributed by atoms with Crippen molar-refractivity contribution < 1.29 is 19.7 Å². The van der Waals surface area contributed by atoms with Crippen molar-refractivity contribution in [1.29, 1.82) is 0 Å². The molecule has 0 heterocycles. The fourth-order valence-electron chi connectivity index (χ4n) is 7.05. The van der Waals surface area contributed by atoms with Crippen LogP contribution in [0.25, 0.3) is 77.2 Å². The number of rotatable bonds is 7. The smallest absolute Gasteiger partial charge is 0.132 e. The summed E-state index contributed by atoms with van der Waals surface area (Å²) in [6.45, 7) is 0. The molecule has 0 aliphatic carbocycles. The van der Waals surface area contributed by atoms with Gasteiger partial charge in [-0.25, -0.2) is 0 Å². The molecule has 8 aromatic rings. The van der Waals surface area contributed by atoms with Gasteiger partial charge >= 0.3 is 0 Å². The molecular weight excluding hydrogens is 617 g/mol. The molecule has 0 spiro atoms. The topological polar surface area (TPSA) is 58.9 Å². The van der Waals surface area contributed by atoms with Gasteiger partial charge in [0.25, 0.3) is 0 Å². The highest BCUT2D eigenvalue weighted by atomic mass is 16.5. The summed E-state index contributed by atoms with van der Waals surface area (Å²) in [6.07, 6.45) is 0. The largest absolute Gasteiger partial charge is 0.507 e. The normalized spacial score (nSPS) is 11.2. The molecule has 0 aliphatic heterocycles. The van der Waals surface area contributed by atoms with Crippen molar-refractivity contribution in [2.24, 2.45) is 0 Å². The van der Waals surface area contributed by atoms with Gasteiger partial charge in [-0.2, -0.15) is 0 Å². The van der Waals surface area contributed by atoms with Crippen molar-refractivity contribution in [1.82, 2.24) is 0 Å². The van der Waals surface area contributed by atoms with Crippen molar-refractivity contribution in [3.05, 3.63) is 158 Å². The van der Waals surface area contributed by atoms with Crippen molar-refractivity contribution >= 4 is 21.5 Å². The van der Waals surface area contributed by atoms with Gasteiger partial charge in [0.05, 0.1) is 14.2 Å². The molecule has 0 amide bonds. The monoisotopic (exact) mass is 650 g/mol. The zero-order chi connectivity index (χ0) is 34.2. The number of hydrogen-bond donors (Lipinski definition) is 2. The molecule has 8 aromatic carbocycles. The number of aromatic hydroxyl groups is 2. The van der Waals surface area contributed by atoms with Crippen LogP contribution in [0, 0.1) is 0 Å². The summed E-state index contributed by atoms with van der Waals surface area (Å²) in [5.41, 5.74) is 7.88. The first-order valence-electron chi connectivity index (χ1n) is 16.5. The molecule has 8 rings (SSSR count). The summed E-state index contributed by atoms with van der Waals surface area (Å²) in [5, 5.41) is 28.5. The van der Waals surface area contributed by atoms with Crippen LogP contribution in [0.5, 0.6) is 23.0 Å². The zero-order valence-corrected chi connectivity index (χ0v) is 27.7. The molecule has 0 saturated carbocycles. The van der Waals surface area contributed by atoms with Gasteiger partial charge < -0.3 is 19.7 Å². The highest BCUT2D eigenvalue weighted by molar-refractivity contribution is 6.14. The Morgan fingerprint density at radius 3 is 1.14 bits per heavy atom. The Labute approximate surface area is 291 Å². The summed E-state index contributed by atoms with van der Waals surface area (Å²) in [4.78, 5) is 0. The second-order valence-electron chi connectivity index (χ2n) is 12.3. The molecular formula is C46H34O4. The van der Waals surface area contributed by atoms with Crippen LogP contribution in [0.3, 0.4) is 0 Å². The van der Waals surface area contributed by atoms with Gasteiger partial charge in [-0.1, -0.05) is 121 Å². The van der Waals surface area contributed by atoms with Gasteiger partial charge in [-0.15, -0.1) is 0 Å². The SMILES string of the molecule is COc1ccc(-c2ccccc2)cc1-c1cc2ccccc2c(-c2c(O)c(-c3cc(-c4ccccc4)ccc3OC)cc3ccccc23)c1O. The van der Waals surface area contributed by atoms with Crippen LogP contribution in [-0.4, -0.2) is 24.4 Å².